The molecule has 9 heteroatoms. The second-order valence-electron chi connectivity index (χ2n) is 5.83. The van der Waals surface area contributed by atoms with Gasteiger partial charge in [0, 0.05) is 20.1 Å². The zero-order valence-electron chi connectivity index (χ0n) is 15.4. The highest BCUT2D eigenvalue weighted by Crippen LogP contribution is 2.34. The lowest BCUT2D eigenvalue weighted by molar-refractivity contribution is -0.120. The number of nitrogens with one attached hydrogen (secondary N) is 2. The number of fused-ring (bicyclic) bond motifs is 1. The van der Waals surface area contributed by atoms with E-state index in [0.29, 0.717) is 22.3 Å². The van der Waals surface area contributed by atoms with Gasteiger partial charge in [-0.15, -0.1) is 11.3 Å². The minimum Gasteiger partial charge on any atom is -0.494 e. The average molecular weight is 495 g/mol. The monoisotopic (exact) mass is 493 g/mol. The molecule has 0 fully saturated rings. The van der Waals surface area contributed by atoms with Crippen LogP contribution in [0.5, 0.6) is 5.75 Å². The molecular formula is C20H17BrClN3O3S. The summed E-state index contributed by atoms with van der Waals surface area (Å²) in [5.41, 5.74) is 3.13. The van der Waals surface area contributed by atoms with E-state index in [1.165, 1.54) is 17.6 Å². The van der Waals surface area contributed by atoms with Crippen LogP contribution in [0.3, 0.4) is 0 Å². The molecule has 0 aliphatic rings. The Labute approximate surface area is 185 Å². The standard InChI is InChI=1S/C20H17BrClN3O3S/c1-2-28-13-7-8-15(21)12(9-13)10-24-25-17(26)11-23-20(27)19-18(22)14-5-3-4-6-16(14)29-19/h3-10H,2,11H2,1H3,(H,23,27)(H,25,26)/b24-10-. The van der Waals surface area contributed by atoms with Crippen LogP contribution in [0.4, 0.5) is 0 Å². The molecule has 0 aliphatic carbocycles. The van der Waals surface area contributed by atoms with Crippen LogP contribution in [0.2, 0.25) is 5.02 Å². The highest BCUT2D eigenvalue weighted by atomic mass is 79.9. The second-order valence-corrected chi connectivity index (χ2v) is 8.12. The van der Waals surface area contributed by atoms with Crippen molar-refractivity contribution in [2.45, 2.75) is 6.92 Å². The van der Waals surface area contributed by atoms with Crippen molar-refractivity contribution in [3.8, 4) is 5.75 Å². The molecule has 0 aliphatic heterocycles. The van der Waals surface area contributed by atoms with Crippen molar-refractivity contribution in [3.05, 3.63) is 62.4 Å². The minimum absolute atomic E-state index is 0.221. The van der Waals surface area contributed by atoms with Gasteiger partial charge >= 0.3 is 0 Å². The van der Waals surface area contributed by atoms with Gasteiger partial charge in [0.25, 0.3) is 11.8 Å². The molecule has 29 heavy (non-hydrogen) atoms. The molecular weight excluding hydrogens is 478 g/mol. The summed E-state index contributed by atoms with van der Waals surface area (Å²) in [5.74, 6) is -0.151. The summed E-state index contributed by atoms with van der Waals surface area (Å²) in [5, 5.41) is 7.69. The van der Waals surface area contributed by atoms with E-state index in [-0.39, 0.29) is 6.54 Å². The smallest absolute Gasteiger partial charge is 0.263 e. The van der Waals surface area contributed by atoms with Gasteiger partial charge < -0.3 is 10.1 Å². The van der Waals surface area contributed by atoms with E-state index in [1.54, 1.807) is 6.07 Å². The third-order valence-corrected chi connectivity index (χ3v) is 6.22. The predicted octanol–water partition coefficient (Wildman–Crippen LogP) is 4.60. The van der Waals surface area contributed by atoms with Crippen molar-refractivity contribution >= 4 is 67.0 Å². The maximum atomic E-state index is 12.4. The second kappa shape index (κ2) is 9.87. The molecule has 0 saturated carbocycles. The minimum atomic E-state index is -0.455. The fraction of sp³-hybridized carbons (Fsp3) is 0.150. The summed E-state index contributed by atoms with van der Waals surface area (Å²) in [4.78, 5) is 24.7. The zero-order valence-corrected chi connectivity index (χ0v) is 18.5. The van der Waals surface area contributed by atoms with E-state index in [0.717, 1.165) is 20.1 Å². The summed E-state index contributed by atoms with van der Waals surface area (Å²) in [6, 6.07) is 12.9. The summed E-state index contributed by atoms with van der Waals surface area (Å²) >= 11 is 11.0. The van der Waals surface area contributed by atoms with Gasteiger partial charge in [0.05, 0.1) is 24.4 Å². The Kier molecular flexibility index (Phi) is 7.24. The highest BCUT2D eigenvalue weighted by Gasteiger charge is 2.17. The lowest BCUT2D eigenvalue weighted by Gasteiger charge is -2.05. The quantitative estimate of drug-likeness (QED) is 0.372. The van der Waals surface area contributed by atoms with Gasteiger partial charge in [0.2, 0.25) is 0 Å². The first-order valence-electron chi connectivity index (χ1n) is 8.69. The molecule has 2 amide bonds. The summed E-state index contributed by atoms with van der Waals surface area (Å²) in [7, 11) is 0. The van der Waals surface area contributed by atoms with Crippen molar-refractivity contribution in [2.75, 3.05) is 13.2 Å². The van der Waals surface area contributed by atoms with Gasteiger partial charge in [-0.3, -0.25) is 9.59 Å². The molecule has 2 aromatic carbocycles. The van der Waals surface area contributed by atoms with Crippen molar-refractivity contribution < 1.29 is 14.3 Å². The van der Waals surface area contributed by atoms with Crippen molar-refractivity contribution in [3.63, 3.8) is 0 Å². The number of hydrogen-bond donors (Lipinski definition) is 2. The molecule has 0 unspecified atom stereocenters. The fourth-order valence-corrected chi connectivity index (χ4v) is 4.27. The number of carbonyl (C=O) groups excluding carboxylic acids is 2. The first kappa shape index (κ1) is 21.3. The zero-order chi connectivity index (χ0) is 20.8. The van der Waals surface area contributed by atoms with Crippen LogP contribution >= 0.6 is 38.9 Å². The Morgan fingerprint density at radius 3 is 2.83 bits per heavy atom. The topological polar surface area (TPSA) is 79.8 Å². The summed E-state index contributed by atoms with van der Waals surface area (Å²) < 4.78 is 7.17. The number of hydrazone groups is 1. The molecule has 0 bridgehead atoms. The first-order valence-corrected chi connectivity index (χ1v) is 10.7. The number of carbonyl (C=O) groups is 2. The number of halogens is 2. The van der Waals surface area contributed by atoms with E-state index in [2.05, 4.69) is 31.8 Å². The van der Waals surface area contributed by atoms with E-state index in [1.807, 2.05) is 43.3 Å². The lowest BCUT2D eigenvalue weighted by Crippen LogP contribution is -2.34. The molecule has 150 valence electrons. The Hall–Kier alpha value is -2.42. The van der Waals surface area contributed by atoms with Gasteiger partial charge in [0.1, 0.15) is 10.6 Å². The number of nitrogens with zero attached hydrogens (tertiary/aromatic N) is 1. The molecule has 0 radical (unpaired) electrons. The Balaban J connectivity index is 1.56. The van der Waals surface area contributed by atoms with Crippen LogP contribution < -0.4 is 15.5 Å². The van der Waals surface area contributed by atoms with Crippen molar-refractivity contribution in [1.82, 2.24) is 10.7 Å². The predicted molar refractivity (Wildman–Crippen MR) is 120 cm³/mol. The normalized spacial score (nSPS) is 11.0. The van der Waals surface area contributed by atoms with Crippen LogP contribution in [0.1, 0.15) is 22.2 Å². The van der Waals surface area contributed by atoms with Crippen LogP contribution in [0.25, 0.3) is 10.1 Å². The third-order valence-electron chi connectivity index (χ3n) is 3.82. The molecule has 0 saturated heterocycles. The number of ether oxygens (including phenoxy) is 1. The maximum absolute atomic E-state index is 12.4. The maximum Gasteiger partial charge on any atom is 0.263 e. The van der Waals surface area contributed by atoms with Crippen LogP contribution in [-0.4, -0.2) is 31.2 Å². The Morgan fingerprint density at radius 1 is 1.28 bits per heavy atom. The Morgan fingerprint density at radius 2 is 2.07 bits per heavy atom. The van der Waals surface area contributed by atoms with E-state index >= 15 is 0 Å². The fourth-order valence-electron chi connectivity index (χ4n) is 2.49. The third kappa shape index (κ3) is 5.35. The first-order chi connectivity index (χ1) is 14.0. The molecule has 1 aromatic heterocycles. The van der Waals surface area contributed by atoms with Crippen LogP contribution in [0.15, 0.2) is 52.0 Å². The van der Waals surface area contributed by atoms with E-state index < -0.39 is 11.8 Å². The molecule has 0 spiro atoms. The number of thiophene rings is 1. The highest BCUT2D eigenvalue weighted by molar-refractivity contribution is 9.10. The average Bonchev–Trinajstić information content (AvgIpc) is 3.06. The largest absolute Gasteiger partial charge is 0.494 e. The molecule has 3 rings (SSSR count). The van der Waals surface area contributed by atoms with Gasteiger partial charge in [0.15, 0.2) is 0 Å². The molecule has 1 heterocycles. The number of hydrogen-bond acceptors (Lipinski definition) is 5. The summed E-state index contributed by atoms with van der Waals surface area (Å²) in [6.07, 6.45) is 1.50. The molecule has 0 atom stereocenters. The van der Waals surface area contributed by atoms with Crippen LogP contribution in [-0.2, 0) is 4.79 Å². The number of benzene rings is 2. The number of amides is 2. The van der Waals surface area contributed by atoms with Crippen molar-refractivity contribution in [2.24, 2.45) is 5.10 Å². The van der Waals surface area contributed by atoms with E-state index in [9.17, 15) is 9.59 Å². The van der Waals surface area contributed by atoms with Gasteiger partial charge in [-0.05, 0) is 31.2 Å². The Bertz CT molecular complexity index is 1080. The molecule has 2 N–H and O–H groups in total. The SMILES string of the molecule is CCOc1ccc(Br)c(/C=N\NC(=O)CNC(=O)c2sc3ccccc3c2Cl)c1. The van der Waals surface area contributed by atoms with Gasteiger partial charge in [-0.1, -0.05) is 45.7 Å². The molecule has 6 nitrogen and oxygen atoms in total. The van der Waals surface area contributed by atoms with Gasteiger partial charge in [-0.25, -0.2) is 5.43 Å². The van der Waals surface area contributed by atoms with Crippen molar-refractivity contribution in [1.29, 1.82) is 0 Å². The van der Waals surface area contributed by atoms with Crippen LogP contribution in [0, 0.1) is 0 Å². The van der Waals surface area contributed by atoms with E-state index in [4.69, 9.17) is 16.3 Å². The van der Waals surface area contributed by atoms with Gasteiger partial charge in [-0.2, -0.15) is 5.10 Å². The molecule has 3 aromatic rings. The summed E-state index contributed by atoms with van der Waals surface area (Å²) in [6.45, 7) is 2.23. The number of rotatable bonds is 7. The lowest BCUT2D eigenvalue weighted by atomic mass is 10.2.